The average Bonchev–Trinajstić information content (AvgIpc) is 3.00. The largest absolute Gasteiger partial charge is 0.478 e. The predicted molar refractivity (Wildman–Crippen MR) is 179 cm³/mol. The Bertz CT molecular complexity index is 1490. The molecule has 0 heterocycles. The van der Waals surface area contributed by atoms with Gasteiger partial charge in [-0.15, -0.1) is 0 Å². The summed E-state index contributed by atoms with van der Waals surface area (Å²) in [6.45, 7) is 17.7. The number of nitrogens with one attached hydrogen (secondary N) is 1. The highest BCUT2D eigenvalue weighted by molar-refractivity contribution is 5.96. The molecule has 3 nitrogen and oxygen atoms in total. The fourth-order valence-corrected chi connectivity index (χ4v) is 5.15. The van der Waals surface area contributed by atoms with Gasteiger partial charge in [0.25, 0.3) is 0 Å². The fourth-order valence-electron chi connectivity index (χ4n) is 5.15. The normalized spacial score (nSPS) is 11.7. The minimum absolute atomic E-state index is 0.0963. The summed E-state index contributed by atoms with van der Waals surface area (Å²) in [5.41, 5.74) is 11.4. The van der Waals surface area contributed by atoms with Crippen LogP contribution in [0.2, 0.25) is 0 Å². The number of carboxylic acid groups (broad SMARTS) is 1. The van der Waals surface area contributed by atoms with Crippen LogP contribution in [0.5, 0.6) is 0 Å². The van der Waals surface area contributed by atoms with Crippen LogP contribution in [-0.4, -0.2) is 11.1 Å². The number of hydrogen-bond acceptors (Lipinski definition) is 2. The quantitative estimate of drug-likeness (QED) is 0.214. The molecule has 0 aromatic heterocycles. The molecule has 4 aromatic carbocycles. The topological polar surface area (TPSA) is 49.3 Å². The molecule has 0 saturated carbocycles. The van der Waals surface area contributed by atoms with Gasteiger partial charge in [-0.25, -0.2) is 4.79 Å². The average molecular weight is 562 g/mol. The molecule has 220 valence electrons. The second-order valence-corrected chi connectivity index (χ2v) is 11.7. The fraction of sp³-hybridized carbons (Fsp3) is 0.308. The first kappa shape index (κ1) is 32.6. The summed E-state index contributed by atoms with van der Waals surface area (Å²) in [5.74, 6) is -0.889. The Morgan fingerprint density at radius 3 is 2.00 bits per heavy atom. The number of rotatable bonds is 9. The van der Waals surface area contributed by atoms with Crippen LogP contribution < -0.4 is 5.32 Å². The van der Waals surface area contributed by atoms with E-state index in [-0.39, 0.29) is 5.54 Å². The summed E-state index contributed by atoms with van der Waals surface area (Å²) < 4.78 is 0. The van der Waals surface area contributed by atoms with Crippen LogP contribution in [-0.2, 0) is 12.0 Å². The molecular formula is C39H47NO2. The minimum atomic E-state index is -0.889. The van der Waals surface area contributed by atoms with E-state index in [1.54, 1.807) is 12.1 Å². The molecule has 1 atom stereocenters. The highest BCUT2D eigenvalue weighted by atomic mass is 16.4. The van der Waals surface area contributed by atoms with Gasteiger partial charge in [0.05, 0.1) is 5.56 Å². The monoisotopic (exact) mass is 561 g/mol. The maximum absolute atomic E-state index is 11.1. The van der Waals surface area contributed by atoms with Crippen molar-refractivity contribution < 1.29 is 9.90 Å². The smallest absolute Gasteiger partial charge is 0.336 e. The van der Waals surface area contributed by atoms with Gasteiger partial charge >= 0.3 is 5.97 Å². The van der Waals surface area contributed by atoms with Gasteiger partial charge in [0.15, 0.2) is 0 Å². The van der Waals surface area contributed by atoms with E-state index >= 15 is 0 Å². The molecule has 4 aromatic rings. The van der Waals surface area contributed by atoms with E-state index in [4.69, 9.17) is 5.11 Å². The Morgan fingerprint density at radius 1 is 0.810 bits per heavy atom. The van der Waals surface area contributed by atoms with E-state index < -0.39 is 5.97 Å². The Balaban J connectivity index is 0.000000247. The van der Waals surface area contributed by atoms with E-state index in [0.29, 0.717) is 11.6 Å². The number of aromatic carboxylic acids is 1. The van der Waals surface area contributed by atoms with Gasteiger partial charge in [0.1, 0.15) is 0 Å². The van der Waals surface area contributed by atoms with Crippen molar-refractivity contribution in [3.63, 3.8) is 0 Å². The second-order valence-electron chi connectivity index (χ2n) is 11.7. The van der Waals surface area contributed by atoms with Crippen LogP contribution in [0.1, 0.15) is 99.1 Å². The third-order valence-corrected chi connectivity index (χ3v) is 8.09. The Kier molecular flexibility index (Phi) is 11.5. The Morgan fingerprint density at radius 2 is 1.43 bits per heavy atom. The number of allylic oxidation sites excluding steroid dienone is 2. The molecule has 42 heavy (non-hydrogen) atoms. The van der Waals surface area contributed by atoms with Gasteiger partial charge in [-0.05, 0) is 111 Å². The molecule has 0 unspecified atom stereocenters. The van der Waals surface area contributed by atoms with Gasteiger partial charge in [-0.1, -0.05) is 104 Å². The number of benzene rings is 4. The van der Waals surface area contributed by atoms with Crippen molar-refractivity contribution in [3.8, 4) is 11.1 Å². The Hall–Kier alpha value is -3.95. The van der Waals surface area contributed by atoms with Crippen molar-refractivity contribution in [1.82, 2.24) is 5.32 Å². The van der Waals surface area contributed by atoms with Gasteiger partial charge in [0, 0.05) is 11.6 Å². The molecule has 2 N–H and O–H groups in total. The summed E-state index contributed by atoms with van der Waals surface area (Å²) in [5, 5.41) is 13.0. The third kappa shape index (κ3) is 8.30. The molecule has 0 aliphatic heterocycles. The number of hydrogen-bond donors (Lipinski definition) is 2. The van der Waals surface area contributed by atoms with Crippen molar-refractivity contribution in [2.75, 3.05) is 0 Å². The lowest BCUT2D eigenvalue weighted by Crippen LogP contribution is -2.39. The summed E-state index contributed by atoms with van der Waals surface area (Å²) in [4.78, 5) is 11.1. The number of carboxylic acids is 1. The summed E-state index contributed by atoms with van der Waals surface area (Å²) >= 11 is 0. The molecule has 0 spiro atoms. The van der Waals surface area contributed by atoms with Gasteiger partial charge < -0.3 is 10.4 Å². The van der Waals surface area contributed by atoms with E-state index in [1.807, 2.05) is 36.4 Å². The number of aryl methyl sites for hydroxylation is 2. The van der Waals surface area contributed by atoms with Crippen molar-refractivity contribution in [2.45, 2.75) is 79.8 Å². The van der Waals surface area contributed by atoms with Crippen LogP contribution in [0.15, 0.2) is 103 Å². The molecule has 0 radical (unpaired) electrons. The Labute approximate surface area is 253 Å². The molecule has 0 bridgehead atoms. The highest BCUT2D eigenvalue weighted by Crippen LogP contribution is 2.31. The van der Waals surface area contributed by atoms with E-state index in [1.165, 1.54) is 39.0 Å². The van der Waals surface area contributed by atoms with E-state index in [2.05, 4.69) is 109 Å². The zero-order valence-electron chi connectivity index (χ0n) is 26.6. The van der Waals surface area contributed by atoms with Crippen LogP contribution in [0.4, 0.5) is 0 Å². The van der Waals surface area contributed by atoms with Crippen molar-refractivity contribution in [3.05, 3.63) is 136 Å². The molecule has 0 fully saturated rings. The molecule has 0 aliphatic carbocycles. The predicted octanol–water partition coefficient (Wildman–Crippen LogP) is 10.4. The van der Waals surface area contributed by atoms with Crippen LogP contribution in [0, 0.1) is 6.92 Å². The maximum atomic E-state index is 11.1. The summed E-state index contributed by atoms with van der Waals surface area (Å²) in [6.07, 6.45) is 2.06. The molecule has 3 heteroatoms. The van der Waals surface area contributed by atoms with E-state index in [9.17, 15) is 4.79 Å². The minimum Gasteiger partial charge on any atom is -0.478 e. The summed E-state index contributed by atoms with van der Waals surface area (Å²) in [7, 11) is 0. The van der Waals surface area contributed by atoms with E-state index in [0.717, 1.165) is 24.0 Å². The zero-order valence-corrected chi connectivity index (χ0v) is 26.6. The SMILES string of the molecule is CC[C@H](NC(C)(C)c1ccc(C)c(C(C)=C(C)C)c1)c1ccccc1.CCc1ccc(-c2ccccc2C(=O)O)cc1. The third-order valence-electron chi connectivity index (χ3n) is 8.09. The van der Waals surface area contributed by atoms with Gasteiger partial charge in [-0.2, -0.15) is 0 Å². The van der Waals surface area contributed by atoms with Crippen molar-refractivity contribution in [1.29, 1.82) is 0 Å². The lowest BCUT2D eigenvalue weighted by Gasteiger charge is -2.33. The maximum Gasteiger partial charge on any atom is 0.336 e. The number of carbonyl (C=O) groups is 1. The van der Waals surface area contributed by atoms with Crippen LogP contribution in [0.25, 0.3) is 16.7 Å². The molecule has 4 rings (SSSR count). The molecule has 0 aliphatic rings. The first-order valence-corrected chi connectivity index (χ1v) is 15.0. The molecule has 0 saturated heterocycles. The molecular weight excluding hydrogens is 514 g/mol. The first-order valence-electron chi connectivity index (χ1n) is 15.0. The zero-order chi connectivity index (χ0) is 30.9. The van der Waals surface area contributed by atoms with Crippen molar-refractivity contribution >= 4 is 11.5 Å². The van der Waals surface area contributed by atoms with Crippen molar-refractivity contribution in [2.24, 2.45) is 0 Å². The van der Waals surface area contributed by atoms with Crippen LogP contribution >= 0.6 is 0 Å². The standard InChI is InChI=1S/C24H33N.C15H14O2/c1-8-23(20-12-10-9-11-13-20)25-24(6,7)21-15-14-18(4)22(16-21)19(5)17(2)3;1-2-11-7-9-12(10-8-11)13-5-3-4-6-14(13)15(16)17/h9-16,23,25H,8H2,1-7H3;3-10H,2H2,1H3,(H,16,17)/t23-;/m0./s1. The molecule has 0 amide bonds. The first-order chi connectivity index (χ1) is 20.0. The van der Waals surface area contributed by atoms with Gasteiger partial charge in [-0.3, -0.25) is 0 Å². The lowest BCUT2D eigenvalue weighted by atomic mass is 9.87. The second kappa shape index (κ2) is 14.8. The highest BCUT2D eigenvalue weighted by Gasteiger charge is 2.25. The lowest BCUT2D eigenvalue weighted by molar-refractivity contribution is 0.0697. The summed E-state index contributed by atoms with van der Waals surface area (Å²) in [6, 6.07) is 33.1. The van der Waals surface area contributed by atoms with Crippen LogP contribution in [0.3, 0.4) is 0 Å². The van der Waals surface area contributed by atoms with Gasteiger partial charge in [0.2, 0.25) is 0 Å².